The predicted molar refractivity (Wildman–Crippen MR) is 9.92 cm³/mol. The van der Waals surface area contributed by atoms with Crippen molar-refractivity contribution in [1.29, 1.82) is 0 Å². The molecule has 0 fully saturated rings. The Morgan fingerprint density at radius 3 is 1.25 bits per heavy atom. The van der Waals surface area contributed by atoms with E-state index in [9.17, 15) is 0 Å². The van der Waals surface area contributed by atoms with Gasteiger partial charge in [0.1, 0.15) is 0 Å². The molecule has 0 unspecified atom stereocenters. The summed E-state index contributed by atoms with van der Waals surface area (Å²) in [6, 6.07) is 0. The Hall–Kier alpha value is 0.766. The third kappa shape index (κ3) is 14.7. The third-order valence-corrected chi connectivity index (χ3v) is 0. The molecule has 0 bridgehead atoms. The molecule has 0 heterocycles. The van der Waals surface area contributed by atoms with Crippen LogP contribution in [0.25, 0.3) is 0 Å². The van der Waals surface area contributed by atoms with E-state index in [2.05, 4.69) is 0 Å². The molecule has 0 amide bonds. The topological polar surface area (TPSA) is 34.1 Å². The van der Waals surface area contributed by atoms with Crippen LogP contribution in [0.2, 0.25) is 0 Å². The van der Waals surface area contributed by atoms with Gasteiger partial charge >= 0.3 is 42.1 Å². The Morgan fingerprint density at radius 2 is 1.25 bits per heavy atom. The van der Waals surface area contributed by atoms with Crippen LogP contribution >= 0.6 is 0 Å². The summed E-state index contributed by atoms with van der Waals surface area (Å²) in [7, 11) is 0. The Kier molecular flexibility index (Phi) is 108. The molecule has 0 N–H and O–H groups in total. The molecule has 0 aromatic carbocycles. The van der Waals surface area contributed by atoms with Gasteiger partial charge in [-0.25, -0.2) is 0 Å². The van der Waals surface area contributed by atoms with Crippen molar-refractivity contribution in [3.63, 3.8) is 0 Å². The van der Waals surface area contributed by atoms with Crippen molar-refractivity contribution in [2.45, 2.75) is 0 Å². The molecule has 0 saturated heterocycles. The molecule has 0 aromatic heterocycles. The third-order valence-electron chi connectivity index (χ3n) is 0. The molecular weight excluding hydrogens is 170 g/mol. The van der Waals surface area contributed by atoms with E-state index in [1.54, 1.807) is 0 Å². The van der Waals surface area contributed by atoms with Crippen LogP contribution in [0.15, 0.2) is 0 Å². The van der Waals surface area contributed by atoms with Crippen LogP contribution in [0.3, 0.4) is 0 Å². The van der Waals surface area contributed by atoms with Gasteiger partial charge in [-0.3, -0.25) is 0 Å². The summed E-state index contributed by atoms with van der Waals surface area (Å²) in [5.74, 6) is 0. The summed E-state index contributed by atoms with van der Waals surface area (Å²) in [6.45, 7) is 0. The molecule has 0 atom stereocenters. The average molecular weight is 172 g/mol. The molecule has 2 nitrogen and oxygen atoms in total. The first-order chi connectivity index (χ1) is 2.00. The van der Waals surface area contributed by atoms with Crippen molar-refractivity contribution < 1.29 is 25.6 Å². The van der Waals surface area contributed by atoms with Crippen molar-refractivity contribution in [1.82, 2.24) is 0 Å². The Labute approximate surface area is 42.3 Å². The van der Waals surface area contributed by atoms with Gasteiger partial charge in [0.2, 0.25) is 0 Å². The van der Waals surface area contributed by atoms with Crippen LogP contribution in [-0.2, 0) is 25.6 Å². The first-order valence-electron chi connectivity index (χ1n) is 0.577. The average Bonchev–Trinajstić information content (AvgIpc) is 1.50. The number of rotatable bonds is 0. The Balaban J connectivity index is 0. The van der Waals surface area contributed by atoms with Gasteiger partial charge in [0.25, 0.3) is 0 Å². The molecule has 0 spiro atoms. The van der Waals surface area contributed by atoms with Crippen molar-refractivity contribution in [2.24, 2.45) is 0 Å². The van der Waals surface area contributed by atoms with Crippen LogP contribution in [0.1, 0.15) is 0 Å². The first-order valence-corrected chi connectivity index (χ1v) is 3.00. The maximum absolute atomic E-state index is 8.38. The number of hydrogen-bond donors (Lipinski definition) is 0. The summed E-state index contributed by atoms with van der Waals surface area (Å²) in [5, 5.41) is 0. The van der Waals surface area contributed by atoms with Gasteiger partial charge in [-0.1, -0.05) is 0 Å². The van der Waals surface area contributed by atoms with E-state index in [0.29, 0.717) is 0 Å². The van der Waals surface area contributed by atoms with Crippen LogP contribution in [0.4, 0.5) is 0 Å². The molecule has 0 radical (unpaired) electrons. The fourth-order valence-electron chi connectivity index (χ4n) is 0. The normalized spacial score (nSPS) is 2.50. The molecule has 4 heteroatoms. The fourth-order valence-corrected chi connectivity index (χ4v) is 0. The van der Waals surface area contributed by atoms with Crippen molar-refractivity contribution in [3.05, 3.63) is 0 Å². The molecule has 0 aliphatic heterocycles. The molecule has 0 aromatic rings. The zero-order chi connectivity index (χ0) is 4.00. The molecule has 0 aliphatic carbocycles. The Morgan fingerprint density at radius 1 is 1.25 bits per heavy atom. The van der Waals surface area contributed by atoms with Gasteiger partial charge in [0, 0.05) is 0 Å². The van der Waals surface area contributed by atoms with Gasteiger partial charge in [-0.2, -0.15) is 0 Å². The standard InChI is InChI=1S/GeH2O.O.Zn/c1-2;;/h1H2;;. The molecule has 0 aliphatic rings. The van der Waals surface area contributed by atoms with E-state index in [1.807, 2.05) is 0 Å². The second-order valence-electron chi connectivity index (χ2n) is 0. The van der Waals surface area contributed by atoms with Gasteiger partial charge in [0.05, 0.1) is 0 Å². The zero-order valence-electron chi connectivity index (χ0n) is 2.23. The molecular formula is H2GeO2Zn. The second-order valence-corrected chi connectivity index (χ2v) is 0. The monoisotopic (exact) mass is 172 g/mol. The zero-order valence-corrected chi connectivity index (χ0v) is 8.16. The van der Waals surface area contributed by atoms with Crippen LogP contribution in [0.5, 0.6) is 0 Å². The van der Waals surface area contributed by atoms with Crippen LogP contribution in [-0.4, -0.2) is 16.5 Å². The number of hydrogen-bond acceptors (Lipinski definition) is 2. The van der Waals surface area contributed by atoms with Crippen LogP contribution < -0.4 is 0 Å². The van der Waals surface area contributed by atoms with E-state index in [4.69, 9.17) is 7.35 Å². The minimum atomic E-state index is 0.125. The maximum atomic E-state index is 8.38. The molecule has 0 saturated carbocycles. The van der Waals surface area contributed by atoms with Gasteiger partial charge in [0.15, 0.2) is 0 Å². The van der Waals surface area contributed by atoms with E-state index < -0.39 is 0 Å². The molecule has 0 rings (SSSR count). The SMILES string of the molecule is [O]=[GeH2].[O]=[Zn]. The predicted octanol–water partition coefficient (Wildman–Crippen LogP) is -1.16. The van der Waals surface area contributed by atoms with Crippen molar-refractivity contribution >= 4 is 16.5 Å². The summed E-state index contributed by atoms with van der Waals surface area (Å²) in [6.07, 6.45) is 0. The van der Waals surface area contributed by atoms with Gasteiger partial charge in [-0.05, 0) is 0 Å². The fraction of sp³-hybridized carbons (Fsp3) is 0. The van der Waals surface area contributed by atoms with Crippen LogP contribution in [0, 0.1) is 0 Å². The minimum absolute atomic E-state index is 0.125. The molecule has 4 heavy (non-hydrogen) atoms. The Bertz CT molecular complexity index is 8.00. The summed E-state index contributed by atoms with van der Waals surface area (Å²) in [5.41, 5.74) is 0. The summed E-state index contributed by atoms with van der Waals surface area (Å²) < 4.78 is 16.8. The quantitative estimate of drug-likeness (QED) is 0.432. The van der Waals surface area contributed by atoms with Crippen molar-refractivity contribution in [2.75, 3.05) is 0 Å². The second kappa shape index (κ2) is 49.1. The summed E-state index contributed by atoms with van der Waals surface area (Å²) >= 11 is 0.250. The first kappa shape index (κ1) is 8.84. The summed E-state index contributed by atoms with van der Waals surface area (Å²) in [4.78, 5) is 0. The van der Waals surface area contributed by atoms with E-state index in [-0.39, 0.29) is 34.7 Å². The van der Waals surface area contributed by atoms with Gasteiger partial charge in [-0.15, -0.1) is 0 Å². The van der Waals surface area contributed by atoms with Gasteiger partial charge < -0.3 is 0 Å². The molecule has 20 valence electrons. The van der Waals surface area contributed by atoms with Crippen molar-refractivity contribution in [3.8, 4) is 0 Å². The van der Waals surface area contributed by atoms with E-state index in [1.165, 1.54) is 0 Å². The van der Waals surface area contributed by atoms with E-state index >= 15 is 0 Å². The van der Waals surface area contributed by atoms with E-state index in [0.717, 1.165) is 0 Å².